The molecule has 0 aromatic heterocycles. The summed E-state index contributed by atoms with van der Waals surface area (Å²) in [5.74, 6) is 0. The number of rotatable bonds is 3. The Balaban J connectivity index is 1.78. The Bertz CT molecular complexity index is 462. The van der Waals surface area contributed by atoms with E-state index in [1.54, 1.807) is 11.0 Å². The summed E-state index contributed by atoms with van der Waals surface area (Å²) in [4.78, 5) is 13.6. The second-order valence-electron chi connectivity index (χ2n) is 5.00. The highest BCUT2D eigenvalue weighted by Gasteiger charge is 2.21. The third-order valence-electron chi connectivity index (χ3n) is 3.30. The zero-order valence-electron chi connectivity index (χ0n) is 11.1. The van der Waals surface area contributed by atoms with Gasteiger partial charge in [-0.1, -0.05) is 23.2 Å². The molecule has 20 heavy (non-hydrogen) atoms. The summed E-state index contributed by atoms with van der Waals surface area (Å²) in [5, 5.41) is 13.6. The fraction of sp³-hybridized carbons (Fsp3) is 0.500. The minimum atomic E-state index is -0.402. The molecule has 1 fully saturated rings. The lowest BCUT2D eigenvalue weighted by Gasteiger charge is -2.30. The van der Waals surface area contributed by atoms with Crippen LogP contribution in [0, 0.1) is 0 Å². The molecule has 2 N–H and O–H groups in total. The molecule has 1 heterocycles. The van der Waals surface area contributed by atoms with Crippen LogP contribution in [0.15, 0.2) is 18.2 Å². The third kappa shape index (κ3) is 4.54. The van der Waals surface area contributed by atoms with E-state index in [0.29, 0.717) is 36.1 Å². The first kappa shape index (κ1) is 15.4. The molecule has 0 bridgehead atoms. The minimum Gasteiger partial charge on any atom is -0.391 e. The zero-order chi connectivity index (χ0) is 14.5. The number of carbonyl (C=O) groups is 1. The fourth-order valence-electron chi connectivity index (χ4n) is 2.32. The van der Waals surface area contributed by atoms with Crippen LogP contribution in [0.2, 0.25) is 10.0 Å². The van der Waals surface area contributed by atoms with Crippen molar-refractivity contribution in [3.05, 3.63) is 33.8 Å². The van der Waals surface area contributed by atoms with Crippen LogP contribution in [-0.2, 0) is 6.42 Å². The summed E-state index contributed by atoms with van der Waals surface area (Å²) in [6.07, 6.45) is 1.88. The first-order valence-corrected chi connectivity index (χ1v) is 7.46. The molecule has 1 aromatic rings. The van der Waals surface area contributed by atoms with Gasteiger partial charge in [-0.25, -0.2) is 4.79 Å². The number of nitrogens with one attached hydrogen (secondary N) is 1. The topological polar surface area (TPSA) is 52.6 Å². The Labute approximate surface area is 128 Å². The molecule has 4 nitrogen and oxygen atoms in total. The zero-order valence-corrected chi connectivity index (χ0v) is 12.6. The van der Waals surface area contributed by atoms with E-state index in [2.05, 4.69) is 5.32 Å². The maximum Gasteiger partial charge on any atom is 0.317 e. The first-order chi connectivity index (χ1) is 9.54. The first-order valence-electron chi connectivity index (χ1n) is 6.70. The van der Waals surface area contributed by atoms with E-state index < -0.39 is 6.10 Å². The average Bonchev–Trinajstić information content (AvgIpc) is 2.37. The molecular weight excluding hydrogens is 299 g/mol. The average molecular weight is 317 g/mol. The number of urea groups is 1. The van der Waals surface area contributed by atoms with Gasteiger partial charge in [-0.3, -0.25) is 0 Å². The molecule has 1 unspecified atom stereocenters. The number of carbonyl (C=O) groups excluding carboxylic acids is 1. The number of nitrogens with zero attached hydrogens (tertiary/aromatic N) is 1. The number of piperidine rings is 1. The van der Waals surface area contributed by atoms with Gasteiger partial charge >= 0.3 is 6.03 Å². The molecule has 1 atom stereocenters. The van der Waals surface area contributed by atoms with Crippen molar-refractivity contribution in [1.29, 1.82) is 0 Å². The summed E-state index contributed by atoms with van der Waals surface area (Å²) in [5.41, 5.74) is 0.987. The molecule has 1 aromatic carbocycles. The number of aliphatic hydroxyl groups is 1. The standard InChI is InChI=1S/C14H18Cl2N2O2/c15-11-6-10(7-12(16)8-11)3-4-17-14(20)18-5-1-2-13(19)9-18/h6-8,13,19H,1-5,9H2,(H,17,20). The number of β-amino-alcohol motifs (C(OH)–C–C–N with tert-alkyl or cyclic N) is 1. The van der Waals surface area contributed by atoms with E-state index in [9.17, 15) is 9.90 Å². The lowest BCUT2D eigenvalue weighted by atomic mass is 10.1. The molecule has 2 rings (SSSR count). The normalized spacial score (nSPS) is 18.9. The van der Waals surface area contributed by atoms with E-state index in [-0.39, 0.29) is 6.03 Å². The van der Waals surface area contributed by atoms with E-state index in [4.69, 9.17) is 23.2 Å². The molecule has 110 valence electrons. The third-order valence-corrected chi connectivity index (χ3v) is 3.73. The van der Waals surface area contributed by atoms with Gasteiger partial charge in [0.15, 0.2) is 0 Å². The second kappa shape index (κ2) is 7.16. The Morgan fingerprint density at radius 1 is 1.35 bits per heavy atom. The van der Waals surface area contributed by atoms with Crippen molar-refractivity contribution in [3.63, 3.8) is 0 Å². The smallest absolute Gasteiger partial charge is 0.317 e. The quantitative estimate of drug-likeness (QED) is 0.900. The molecule has 1 aliphatic rings. The summed E-state index contributed by atoms with van der Waals surface area (Å²) < 4.78 is 0. The van der Waals surface area contributed by atoms with Gasteiger partial charge in [-0.2, -0.15) is 0 Å². The molecule has 0 radical (unpaired) electrons. The van der Waals surface area contributed by atoms with E-state index in [1.807, 2.05) is 12.1 Å². The highest BCUT2D eigenvalue weighted by molar-refractivity contribution is 6.34. The van der Waals surface area contributed by atoms with E-state index in [0.717, 1.165) is 18.4 Å². The van der Waals surface area contributed by atoms with Gasteiger partial charge < -0.3 is 15.3 Å². The molecule has 2 amide bonds. The number of halogens is 2. The fourth-order valence-corrected chi connectivity index (χ4v) is 2.89. The summed E-state index contributed by atoms with van der Waals surface area (Å²) in [6.45, 7) is 1.63. The lowest BCUT2D eigenvalue weighted by Crippen LogP contribution is -2.47. The lowest BCUT2D eigenvalue weighted by molar-refractivity contribution is 0.0843. The Kier molecular flexibility index (Phi) is 5.52. The van der Waals surface area contributed by atoms with Gasteiger partial charge in [0.2, 0.25) is 0 Å². The van der Waals surface area contributed by atoms with E-state index in [1.165, 1.54) is 0 Å². The predicted octanol–water partition coefficient (Wildman–Crippen LogP) is 2.70. The van der Waals surface area contributed by atoms with Crippen LogP contribution in [-0.4, -0.2) is 41.8 Å². The number of likely N-dealkylation sites (tertiary alicyclic amines) is 1. The van der Waals surface area contributed by atoms with Gasteiger partial charge in [-0.15, -0.1) is 0 Å². The molecule has 0 saturated carbocycles. The highest BCUT2D eigenvalue weighted by atomic mass is 35.5. The van der Waals surface area contributed by atoms with Crippen LogP contribution in [0.25, 0.3) is 0 Å². The van der Waals surface area contributed by atoms with Crippen LogP contribution in [0.4, 0.5) is 4.79 Å². The monoisotopic (exact) mass is 316 g/mol. The van der Waals surface area contributed by atoms with Crippen molar-refractivity contribution in [3.8, 4) is 0 Å². The van der Waals surface area contributed by atoms with Crippen molar-refractivity contribution in [2.45, 2.75) is 25.4 Å². The number of benzene rings is 1. The van der Waals surface area contributed by atoms with Crippen molar-refractivity contribution in [2.24, 2.45) is 0 Å². The van der Waals surface area contributed by atoms with Gasteiger partial charge in [0, 0.05) is 29.7 Å². The summed E-state index contributed by atoms with van der Waals surface area (Å²) in [6, 6.07) is 5.23. The number of amides is 2. The van der Waals surface area contributed by atoms with Crippen molar-refractivity contribution >= 4 is 29.2 Å². The predicted molar refractivity (Wildman–Crippen MR) is 80.4 cm³/mol. The van der Waals surface area contributed by atoms with Gasteiger partial charge in [0.25, 0.3) is 0 Å². The van der Waals surface area contributed by atoms with Crippen LogP contribution >= 0.6 is 23.2 Å². The van der Waals surface area contributed by atoms with Crippen molar-refractivity contribution in [2.75, 3.05) is 19.6 Å². The Hall–Kier alpha value is -0.970. The van der Waals surface area contributed by atoms with Gasteiger partial charge in [0.1, 0.15) is 0 Å². The second-order valence-corrected chi connectivity index (χ2v) is 5.87. The van der Waals surface area contributed by atoms with Crippen LogP contribution in [0.5, 0.6) is 0 Å². The van der Waals surface area contributed by atoms with Gasteiger partial charge in [0.05, 0.1) is 6.10 Å². The Morgan fingerprint density at radius 2 is 2.05 bits per heavy atom. The minimum absolute atomic E-state index is 0.128. The molecule has 1 saturated heterocycles. The van der Waals surface area contributed by atoms with Crippen molar-refractivity contribution in [1.82, 2.24) is 10.2 Å². The number of hydrogen-bond donors (Lipinski definition) is 2. The SMILES string of the molecule is O=C(NCCc1cc(Cl)cc(Cl)c1)N1CCCC(O)C1. The van der Waals surface area contributed by atoms with Crippen LogP contribution in [0.3, 0.4) is 0 Å². The van der Waals surface area contributed by atoms with E-state index >= 15 is 0 Å². The van der Waals surface area contributed by atoms with Crippen molar-refractivity contribution < 1.29 is 9.90 Å². The van der Waals surface area contributed by atoms with Crippen LogP contribution in [0.1, 0.15) is 18.4 Å². The molecule has 0 spiro atoms. The number of aliphatic hydroxyl groups excluding tert-OH is 1. The summed E-state index contributed by atoms with van der Waals surface area (Å²) in [7, 11) is 0. The maximum atomic E-state index is 11.9. The van der Waals surface area contributed by atoms with Gasteiger partial charge in [-0.05, 0) is 43.0 Å². The largest absolute Gasteiger partial charge is 0.391 e. The molecular formula is C14H18Cl2N2O2. The van der Waals surface area contributed by atoms with Crippen LogP contribution < -0.4 is 5.32 Å². The molecule has 1 aliphatic heterocycles. The molecule has 6 heteroatoms. The Morgan fingerprint density at radius 3 is 2.70 bits per heavy atom. The molecule has 0 aliphatic carbocycles. The summed E-state index contributed by atoms with van der Waals surface area (Å²) >= 11 is 11.8. The highest BCUT2D eigenvalue weighted by Crippen LogP contribution is 2.19. The number of hydrogen-bond acceptors (Lipinski definition) is 2. The maximum absolute atomic E-state index is 11.9.